The van der Waals surface area contributed by atoms with E-state index in [0.717, 1.165) is 5.56 Å². The number of benzene rings is 1. The molecule has 0 fully saturated rings. The Morgan fingerprint density at radius 2 is 1.69 bits per heavy atom. The van der Waals surface area contributed by atoms with Crippen LogP contribution in [-0.2, 0) is 9.84 Å². The van der Waals surface area contributed by atoms with E-state index in [1.807, 2.05) is 6.92 Å². The molecule has 0 aliphatic carbocycles. The summed E-state index contributed by atoms with van der Waals surface area (Å²) in [5.41, 5.74) is 1.03. The second-order valence-electron chi connectivity index (χ2n) is 4.25. The van der Waals surface area contributed by atoms with Crippen molar-refractivity contribution in [2.24, 2.45) is 0 Å². The highest BCUT2D eigenvalue weighted by Gasteiger charge is 2.24. The lowest BCUT2D eigenvalue weighted by molar-refractivity contribution is 0.184. The molecule has 0 aromatic heterocycles. The fourth-order valence-corrected chi connectivity index (χ4v) is 3.08. The molecule has 4 heteroatoms. The molecule has 0 bridgehead atoms. The molecule has 0 aliphatic rings. The van der Waals surface area contributed by atoms with Gasteiger partial charge in [-0.3, -0.25) is 0 Å². The molecule has 1 aromatic carbocycles. The van der Waals surface area contributed by atoms with Crippen molar-refractivity contribution in [1.29, 1.82) is 0 Å². The minimum absolute atomic E-state index is 0.260. The van der Waals surface area contributed by atoms with Crippen LogP contribution in [0.5, 0.6) is 0 Å². The van der Waals surface area contributed by atoms with Crippen LogP contribution < -0.4 is 0 Å². The third-order valence-electron chi connectivity index (χ3n) is 2.55. The molecule has 0 saturated carbocycles. The van der Waals surface area contributed by atoms with E-state index in [2.05, 4.69) is 0 Å². The Morgan fingerprint density at radius 3 is 2.12 bits per heavy atom. The highest BCUT2D eigenvalue weighted by atomic mass is 32.2. The highest BCUT2D eigenvalue weighted by Crippen LogP contribution is 2.19. The first-order valence-electron chi connectivity index (χ1n) is 5.32. The third kappa shape index (κ3) is 3.06. The molecule has 0 saturated heterocycles. The number of hydrogen-bond acceptors (Lipinski definition) is 3. The molecule has 90 valence electrons. The molecule has 1 N–H and O–H groups in total. The van der Waals surface area contributed by atoms with E-state index < -0.39 is 21.2 Å². The minimum atomic E-state index is -3.31. The van der Waals surface area contributed by atoms with E-state index in [9.17, 15) is 13.5 Å². The number of rotatable bonds is 4. The van der Waals surface area contributed by atoms with Crippen LogP contribution in [0.2, 0.25) is 0 Å². The van der Waals surface area contributed by atoms with Gasteiger partial charge in [-0.05, 0) is 39.3 Å². The van der Waals surface area contributed by atoms with Crippen LogP contribution in [-0.4, -0.2) is 24.9 Å². The summed E-state index contributed by atoms with van der Waals surface area (Å²) < 4.78 is 24.1. The largest absolute Gasteiger partial charge is 0.393 e. The van der Waals surface area contributed by atoms with Crippen molar-refractivity contribution in [1.82, 2.24) is 0 Å². The summed E-state index contributed by atoms with van der Waals surface area (Å²) in [5, 5.41) is 8.65. The Kier molecular flexibility index (Phi) is 4.10. The maximum atomic E-state index is 12.1. The van der Waals surface area contributed by atoms with Crippen molar-refractivity contribution in [3.05, 3.63) is 29.8 Å². The summed E-state index contributed by atoms with van der Waals surface area (Å²) in [6.45, 7) is 5.14. The van der Waals surface area contributed by atoms with Gasteiger partial charge in [-0.2, -0.15) is 0 Å². The average Bonchev–Trinajstić information content (AvgIpc) is 2.17. The van der Waals surface area contributed by atoms with E-state index >= 15 is 0 Å². The van der Waals surface area contributed by atoms with Gasteiger partial charge in [0.05, 0.1) is 16.2 Å². The first-order valence-corrected chi connectivity index (χ1v) is 6.87. The zero-order chi connectivity index (χ0) is 12.3. The van der Waals surface area contributed by atoms with Crippen molar-refractivity contribution in [2.75, 3.05) is 0 Å². The first-order chi connectivity index (χ1) is 7.34. The van der Waals surface area contributed by atoms with Crippen molar-refractivity contribution >= 4 is 9.84 Å². The van der Waals surface area contributed by atoms with Gasteiger partial charge in [-0.1, -0.05) is 17.7 Å². The van der Waals surface area contributed by atoms with E-state index in [1.54, 1.807) is 38.1 Å². The summed E-state index contributed by atoms with van der Waals surface area (Å²) in [4.78, 5) is 0.325. The number of aryl methyl sites for hydroxylation is 1. The predicted octanol–water partition coefficient (Wildman–Crippen LogP) is 1.93. The second kappa shape index (κ2) is 4.97. The fourth-order valence-electron chi connectivity index (χ4n) is 1.57. The molecule has 0 radical (unpaired) electrons. The Labute approximate surface area is 97.0 Å². The Bertz CT molecular complexity index is 432. The molecular weight excluding hydrogens is 224 g/mol. The Hall–Kier alpha value is -0.870. The molecule has 1 aromatic rings. The molecule has 0 heterocycles. The van der Waals surface area contributed by atoms with Crippen LogP contribution in [0.1, 0.15) is 25.8 Å². The number of aliphatic hydroxyl groups is 1. The normalized spacial score (nSPS) is 15.8. The first kappa shape index (κ1) is 13.2. The Morgan fingerprint density at radius 1 is 1.19 bits per heavy atom. The van der Waals surface area contributed by atoms with Crippen molar-refractivity contribution in [3.8, 4) is 0 Å². The van der Waals surface area contributed by atoms with E-state index in [-0.39, 0.29) is 6.42 Å². The monoisotopic (exact) mass is 242 g/mol. The van der Waals surface area contributed by atoms with Gasteiger partial charge in [0.1, 0.15) is 0 Å². The van der Waals surface area contributed by atoms with Gasteiger partial charge in [0, 0.05) is 0 Å². The fraction of sp³-hybridized carbons (Fsp3) is 0.500. The van der Waals surface area contributed by atoms with Crippen molar-refractivity contribution in [3.63, 3.8) is 0 Å². The van der Waals surface area contributed by atoms with Crippen LogP contribution in [0.15, 0.2) is 29.2 Å². The zero-order valence-electron chi connectivity index (χ0n) is 9.84. The van der Waals surface area contributed by atoms with Gasteiger partial charge in [0.25, 0.3) is 0 Å². The molecule has 1 rings (SSSR count). The van der Waals surface area contributed by atoms with Gasteiger partial charge < -0.3 is 5.11 Å². The van der Waals surface area contributed by atoms with Gasteiger partial charge in [-0.15, -0.1) is 0 Å². The molecule has 2 unspecified atom stereocenters. The van der Waals surface area contributed by atoms with E-state index in [0.29, 0.717) is 4.90 Å². The molecule has 16 heavy (non-hydrogen) atoms. The standard InChI is InChI=1S/C12H18O3S/c1-9-4-6-12(7-5-9)16(14,15)11(3)8-10(2)13/h4-7,10-11,13H,8H2,1-3H3. The predicted molar refractivity (Wildman–Crippen MR) is 64.1 cm³/mol. The highest BCUT2D eigenvalue weighted by molar-refractivity contribution is 7.92. The molecule has 3 nitrogen and oxygen atoms in total. The van der Waals surface area contributed by atoms with Gasteiger partial charge in [-0.25, -0.2) is 8.42 Å². The van der Waals surface area contributed by atoms with Crippen molar-refractivity contribution in [2.45, 2.75) is 43.4 Å². The summed E-state index contributed by atoms with van der Waals surface area (Å²) in [5.74, 6) is 0. The van der Waals surface area contributed by atoms with Crippen molar-refractivity contribution < 1.29 is 13.5 Å². The number of hydrogen-bond donors (Lipinski definition) is 1. The maximum absolute atomic E-state index is 12.1. The third-order valence-corrected chi connectivity index (χ3v) is 4.73. The van der Waals surface area contributed by atoms with Crippen LogP contribution in [0.4, 0.5) is 0 Å². The maximum Gasteiger partial charge on any atom is 0.181 e. The van der Waals surface area contributed by atoms with E-state index in [1.165, 1.54) is 0 Å². The minimum Gasteiger partial charge on any atom is -0.393 e. The molecule has 0 spiro atoms. The van der Waals surface area contributed by atoms with Gasteiger partial charge >= 0.3 is 0 Å². The second-order valence-corrected chi connectivity index (χ2v) is 6.62. The van der Waals surface area contributed by atoms with Crippen LogP contribution >= 0.6 is 0 Å². The SMILES string of the molecule is Cc1ccc(S(=O)(=O)C(C)CC(C)O)cc1. The molecular formula is C12H18O3S. The summed E-state index contributed by atoms with van der Waals surface area (Å²) in [6.07, 6.45) is -0.342. The molecule has 0 aliphatic heterocycles. The Balaban J connectivity index is 2.97. The summed E-state index contributed by atoms with van der Waals surface area (Å²) in [6, 6.07) is 6.79. The average molecular weight is 242 g/mol. The van der Waals surface area contributed by atoms with E-state index in [4.69, 9.17) is 0 Å². The summed E-state index contributed by atoms with van der Waals surface area (Å²) >= 11 is 0. The quantitative estimate of drug-likeness (QED) is 0.877. The lowest BCUT2D eigenvalue weighted by Gasteiger charge is -2.14. The number of sulfone groups is 1. The lowest BCUT2D eigenvalue weighted by Crippen LogP contribution is -2.22. The van der Waals surface area contributed by atoms with Gasteiger partial charge in [0.15, 0.2) is 9.84 Å². The van der Waals surface area contributed by atoms with Crippen LogP contribution in [0.3, 0.4) is 0 Å². The number of aliphatic hydroxyl groups excluding tert-OH is 1. The molecule has 0 amide bonds. The van der Waals surface area contributed by atoms with Crippen LogP contribution in [0.25, 0.3) is 0 Å². The summed E-state index contributed by atoms with van der Waals surface area (Å²) in [7, 11) is -3.31. The van der Waals surface area contributed by atoms with Gasteiger partial charge in [0.2, 0.25) is 0 Å². The zero-order valence-corrected chi connectivity index (χ0v) is 10.7. The topological polar surface area (TPSA) is 54.4 Å². The smallest absolute Gasteiger partial charge is 0.181 e. The molecule has 2 atom stereocenters. The van der Waals surface area contributed by atoms with Crippen LogP contribution in [0, 0.1) is 6.92 Å². The lowest BCUT2D eigenvalue weighted by atomic mass is 10.2.